The van der Waals surface area contributed by atoms with Gasteiger partial charge in [-0.05, 0) is 74.2 Å². The lowest BCUT2D eigenvalue weighted by molar-refractivity contribution is 0.669. The molecule has 7 aromatic rings. The average Bonchev–Trinajstić information content (AvgIpc) is 3.52. The van der Waals surface area contributed by atoms with E-state index in [2.05, 4.69) is 169 Å². The van der Waals surface area contributed by atoms with Gasteiger partial charge in [0, 0.05) is 38.9 Å². The molecular weight excluding hydrogens is 572 g/mol. The molecule has 3 nitrogen and oxygen atoms in total. The highest BCUT2D eigenvalue weighted by atomic mass is 16.3. The number of nitrogens with zero attached hydrogens (tertiary/aromatic N) is 2. The second-order valence-corrected chi connectivity index (χ2v) is 11.7. The van der Waals surface area contributed by atoms with Gasteiger partial charge in [-0.25, -0.2) is 0 Å². The zero-order valence-electron chi connectivity index (χ0n) is 27.6. The van der Waals surface area contributed by atoms with Crippen molar-refractivity contribution >= 4 is 61.1 Å². The molecule has 0 aliphatic heterocycles. The maximum Gasteiger partial charge on any atom is 0.162 e. The predicted octanol–water partition coefficient (Wildman–Crippen LogP) is 13.2. The molecule has 0 saturated carbocycles. The number of anilines is 5. The lowest BCUT2D eigenvalue weighted by Crippen LogP contribution is -2.19. The normalized spacial score (nSPS) is 12.6. The third-order valence-corrected chi connectivity index (χ3v) is 8.89. The third-order valence-electron chi connectivity index (χ3n) is 8.89. The minimum Gasteiger partial charge on any atom is -0.454 e. The van der Waals surface area contributed by atoms with Crippen molar-refractivity contribution in [2.45, 2.75) is 40.5 Å². The standard InChI is InChI=1S/C42H34N2O.C2H6/c1-29-17-9-14-26-36(29)43(31-19-5-3-6-20-31)40-33-23-11-12-24-34(33)41(42-39(40)35-25-13-16-28-38(35)45-42)44(32-21-7-4-8-22-32)37-27-15-10-18-30(37)2;1-2/h4-5,7-28H,3,6H2,1-2H3;1-2H3. The SMILES string of the molecule is CC.Cc1ccccc1N(C1=CCCC=C1)c1c2ccccc2c(N(c2ccccc2)c2ccccc2C)c2oc3ccccc3c12. The largest absolute Gasteiger partial charge is 0.454 e. The molecule has 0 spiro atoms. The number of allylic oxidation sites excluding steroid dienone is 3. The summed E-state index contributed by atoms with van der Waals surface area (Å²) in [6.45, 7) is 8.38. The molecule has 0 bridgehead atoms. The molecule has 1 aliphatic rings. The van der Waals surface area contributed by atoms with Crippen molar-refractivity contribution in [2.24, 2.45) is 0 Å². The van der Waals surface area contributed by atoms with Gasteiger partial charge >= 0.3 is 0 Å². The van der Waals surface area contributed by atoms with Gasteiger partial charge in [0.25, 0.3) is 0 Å². The molecule has 1 aliphatic carbocycles. The van der Waals surface area contributed by atoms with Crippen LogP contribution < -0.4 is 9.80 Å². The summed E-state index contributed by atoms with van der Waals surface area (Å²) in [5.74, 6) is 0. The molecule has 0 saturated heterocycles. The van der Waals surface area contributed by atoms with Gasteiger partial charge in [-0.2, -0.15) is 0 Å². The Balaban J connectivity index is 0.00000172. The molecular formula is C44H40N2O. The Morgan fingerprint density at radius 1 is 0.532 bits per heavy atom. The maximum atomic E-state index is 6.99. The number of rotatable bonds is 6. The quantitative estimate of drug-likeness (QED) is 0.174. The molecule has 0 amide bonds. The summed E-state index contributed by atoms with van der Waals surface area (Å²) < 4.78 is 6.99. The van der Waals surface area contributed by atoms with E-state index < -0.39 is 0 Å². The van der Waals surface area contributed by atoms with Crippen LogP contribution in [-0.2, 0) is 0 Å². The molecule has 47 heavy (non-hydrogen) atoms. The summed E-state index contributed by atoms with van der Waals surface area (Å²) in [5, 5.41) is 4.51. The molecule has 0 radical (unpaired) electrons. The van der Waals surface area contributed by atoms with Crippen LogP contribution in [0.3, 0.4) is 0 Å². The highest BCUT2D eigenvalue weighted by Crippen LogP contribution is 2.53. The Kier molecular flexibility index (Phi) is 8.37. The molecule has 0 fully saturated rings. The predicted molar refractivity (Wildman–Crippen MR) is 202 cm³/mol. The Hall–Kier alpha value is -5.54. The van der Waals surface area contributed by atoms with Crippen LogP contribution in [0.15, 0.2) is 156 Å². The van der Waals surface area contributed by atoms with E-state index in [0.29, 0.717) is 0 Å². The van der Waals surface area contributed by atoms with E-state index in [0.717, 1.165) is 62.9 Å². The zero-order chi connectivity index (χ0) is 32.3. The fraction of sp³-hybridized carbons (Fsp3) is 0.136. The van der Waals surface area contributed by atoms with Crippen LogP contribution >= 0.6 is 0 Å². The summed E-state index contributed by atoms with van der Waals surface area (Å²) in [6.07, 6.45) is 8.99. The Bertz CT molecular complexity index is 2260. The second-order valence-electron chi connectivity index (χ2n) is 11.7. The fourth-order valence-corrected chi connectivity index (χ4v) is 6.80. The van der Waals surface area contributed by atoms with Crippen molar-refractivity contribution in [1.29, 1.82) is 0 Å². The van der Waals surface area contributed by atoms with E-state index in [-0.39, 0.29) is 0 Å². The van der Waals surface area contributed by atoms with Crippen LogP contribution in [0.1, 0.15) is 37.8 Å². The highest BCUT2D eigenvalue weighted by molar-refractivity contribution is 6.28. The van der Waals surface area contributed by atoms with E-state index in [9.17, 15) is 0 Å². The van der Waals surface area contributed by atoms with Gasteiger partial charge in [0.1, 0.15) is 5.58 Å². The van der Waals surface area contributed by atoms with Crippen LogP contribution in [0.2, 0.25) is 0 Å². The summed E-state index contributed by atoms with van der Waals surface area (Å²) in [6, 6.07) is 45.2. The first-order valence-corrected chi connectivity index (χ1v) is 16.7. The number of para-hydroxylation sites is 4. The number of benzene rings is 6. The number of fused-ring (bicyclic) bond motifs is 4. The lowest BCUT2D eigenvalue weighted by Gasteiger charge is -2.33. The first-order valence-electron chi connectivity index (χ1n) is 16.7. The average molecular weight is 613 g/mol. The van der Waals surface area contributed by atoms with E-state index in [4.69, 9.17) is 4.42 Å². The van der Waals surface area contributed by atoms with Gasteiger partial charge < -0.3 is 14.2 Å². The maximum absolute atomic E-state index is 6.99. The minimum absolute atomic E-state index is 0.871. The smallest absolute Gasteiger partial charge is 0.162 e. The number of furan rings is 1. The van der Waals surface area contributed by atoms with E-state index in [1.807, 2.05) is 13.8 Å². The van der Waals surface area contributed by atoms with Gasteiger partial charge in [-0.1, -0.05) is 123 Å². The molecule has 0 N–H and O–H groups in total. The summed E-state index contributed by atoms with van der Waals surface area (Å²) in [7, 11) is 0. The van der Waals surface area contributed by atoms with Crippen molar-refractivity contribution < 1.29 is 4.42 Å². The summed E-state index contributed by atoms with van der Waals surface area (Å²) in [4.78, 5) is 4.84. The van der Waals surface area contributed by atoms with Gasteiger partial charge in [0.15, 0.2) is 5.58 Å². The van der Waals surface area contributed by atoms with Crippen molar-refractivity contribution in [3.63, 3.8) is 0 Å². The first kappa shape index (κ1) is 30.1. The van der Waals surface area contributed by atoms with Crippen LogP contribution in [0.5, 0.6) is 0 Å². The van der Waals surface area contributed by atoms with Crippen LogP contribution in [0.4, 0.5) is 28.4 Å². The van der Waals surface area contributed by atoms with Crippen molar-refractivity contribution in [3.8, 4) is 0 Å². The Morgan fingerprint density at radius 3 is 1.72 bits per heavy atom. The number of hydrogen-bond donors (Lipinski definition) is 0. The Labute approximate surface area is 277 Å². The van der Waals surface area contributed by atoms with Gasteiger partial charge in [0.2, 0.25) is 0 Å². The number of hydrogen-bond acceptors (Lipinski definition) is 3. The van der Waals surface area contributed by atoms with Crippen molar-refractivity contribution in [2.75, 3.05) is 9.80 Å². The molecule has 6 aromatic carbocycles. The molecule has 8 rings (SSSR count). The topological polar surface area (TPSA) is 19.6 Å². The van der Waals surface area contributed by atoms with Crippen molar-refractivity contribution in [3.05, 3.63) is 162 Å². The molecule has 3 heteroatoms. The second kappa shape index (κ2) is 13.1. The third kappa shape index (κ3) is 5.28. The lowest BCUT2D eigenvalue weighted by atomic mass is 9.96. The molecule has 232 valence electrons. The summed E-state index contributed by atoms with van der Waals surface area (Å²) >= 11 is 0. The van der Waals surface area contributed by atoms with E-state index in [1.165, 1.54) is 27.9 Å². The monoisotopic (exact) mass is 612 g/mol. The van der Waals surface area contributed by atoms with Crippen LogP contribution in [0, 0.1) is 13.8 Å². The van der Waals surface area contributed by atoms with Gasteiger partial charge in [-0.15, -0.1) is 0 Å². The fourth-order valence-electron chi connectivity index (χ4n) is 6.80. The highest BCUT2D eigenvalue weighted by Gasteiger charge is 2.30. The molecule has 0 unspecified atom stereocenters. The first-order chi connectivity index (χ1) is 23.2. The van der Waals surface area contributed by atoms with Gasteiger partial charge in [-0.3, -0.25) is 0 Å². The molecule has 0 atom stereocenters. The summed E-state index contributed by atoms with van der Waals surface area (Å²) in [5.41, 5.74) is 10.9. The van der Waals surface area contributed by atoms with Crippen LogP contribution in [0.25, 0.3) is 32.7 Å². The molecule has 1 heterocycles. The molecule has 1 aromatic heterocycles. The van der Waals surface area contributed by atoms with Crippen LogP contribution in [-0.4, -0.2) is 0 Å². The van der Waals surface area contributed by atoms with Gasteiger partial charge in [0.05, 0.1) is 16.8 Å². The Morgan fingerprint density at radius 2 is 1.09 bits per heavy atom. The zero-order valence-corrected chi connectivity index (χ0v) is 27.6. The van der Waals surface area contributed by atoms with Crippen molar-refractivity contribution in [1.82, 2.24) is 0 Å². The minimum atomic E-state index is 0.871. The number of aryl methyl sites for hydroxylation is 2. The van der Waals surface area contributed by atoms with E-state index in [1.54, 1.807) is 0 Å². The van der Waals surface area contributed by atoms with E-state index >= 15 is 0 Å².